The lowest BCUT2D eigenvalue weighted by atomic mass is 9.88. The number of rotatable bonds is 7. The molecule has 0 aliphatic carbocycles. The van der Waals surface area contributed by atoms with Crippen LogP contribution >= 0.6 is 11.3 Å². The number of hydrogen-bond donors (Lipinski definition) is 1. The van der Waals surface area contributed by atoms with Crippen LogP contribution in [0, 0.1) is 19.8 Å². The number of hydrogen-bond acceptors (Lipinski definition) is 6. The number of likely N-dealkylation sites (tertiary alicyclic amines) is 2. The molecule has 2 bridgehead atoms. The van der Waals surface area contributed by atoms with Crippen LogP contribution in [0.5, 0.6) is 0 Å². The summed E-state index contributed by atoms with van der Waals surface area (Å²) in [5, 5.41) is 1.26. The third kappa shape index (κ3) is 5.31. The molecule has 0 unspecified atom stereocenters. The Balaban J connectivity index is 1.01. The number of amides is 2. The second kappa shape index (κ2) is 11.8. The Morgan fingerprint density at radius 3 is 2.17 bits per heavy atom. The number of nitrogens with zero attached hydrogens (tertiary/aromatic N) is 3. The van der Waals surface area contributed by atoms with Crippen LogP contribution in [0.25, 0.3) is 21.5 Å². The molecule has 0 spiro atoms. The van der Waals surface area contributed by atoms with Crippen molar-refractivity contribution in [2.75, 3.05) is 39.5 Å². The Morgan fingerprint density at radius 2 is 1.54 bits per heavy atom. The Hall–Kier alpha value is -2.72. The molecule has 5 aliphatic heterocycles. The average molecular weight is 645 g/mol. The second-order valence-corrected chi connectivity index (χ2v) is 16.2. The number of aromatic nitrogens is 1. The van der Waals surface area contributed by atoms with Crippen molar-refractivity contribution in [3.8, 4) is 11.3 Å². The van der Waals surface area contributed by atoms with Crippen LogP contribution < -0.4 is 0 Å². The molecule has 8 nitrogen and oxygen atoms in total. The summed E-state index contributed by atoms with van der Waals surface area (Å²) < 4.78 is 11.3. The highest BCUT2D eigenvalue weighted by molar-refractivity contribution is 7.19. The number of piperidine rings is 1. The summed E-state index contributed by atoms with van der Waals surface area (Å²) in [5.74, 6) is 0.660. The van der Waals surface area contributed by atoms with E-state index in [1.54, 1.807) is 11.3 Å². The number of thiophene rings is 1. The number of aryl methyl sites for hydroxylation is 2. The van der Waals surface area contributed by atoms with E-state index in [-0.39, 0.29) is 24.0 Å². The maximum atomic E-state index is 14.0. The Bertz CT molecular complexity index is 1600. The molecule has 1 N–H and O–H groups in total. The van der Waals surface area contributed by atoms with Crippen molar-refractivity contribution >= 4 is 33.4 Å². The number of fused-ring (bicyclic) bond motifs is 4. The summed E-state index contributed by atoms with van der Waals surface area (Å²) >= 11 is 1.76. The first-order valence-corrected chi connectivity index (χ1v) is 18.3. The van der Waals surface area contributed by atoms with Gasteiger partial charge >= 0.3 is 0 Å². The van der Waals surface area contributed by atoms with Gasteiger partial charge in [-0.15, -0.1) is 11.3 Å². The van der Waals surface area contributed by atoms with Gasteiger partial charge in [0, 0.05) is 47.9 Å². The first-order chi connectivity index (χ1) is 22.2. The van der Waals surface area contributed by atoms with Crippen molar-refractivity contribution in [1.29, 1.82) is 0 Å². The van der Waals surface area contributed by atoms with Gasteiger partial charge in [0.1, 0.15) is 23.8 Å². The quantitative estimate of drug-likeness (QED) is 0.353. The van der Waals surface area contributed by atoms with Gasteiger partial charge in [0.2, 0.25) is 11.8 Å². The highest BCUT2D eigenvalue weighted by Crippen LogP contribution is 2.45. The van der Waals surface area contributed by atoms with Gasteiger partial charge < -0.3 is 29.2 Å². The fourth-order valence-electron chi connectivity index (χ4n) is 9.03. The fourth-order valence-corrected chi connectivity index (χ4v) is 10.2. The first kappa shape index (κ1) is 30.6. The van der Waals surface area contributed by atoms with E-state index in [1.807, 2.05) is 4.90 Å². The number of ether oxygens (including phenoxy) is 2. The first-order valence-electron chi connectivity index (χ1n) is 17.5. The van der Waals surface area contributed by atoms with Gasteiger partial charge in [0.05, 0.1) is 11.1 Å². The summed E-state index contributed by atoms with van der Waals surface area (Å²) in [7, 11) is 0. The van der Waals surface area contributed by atoms with Crippen LogP contribution in [0.3, 0.4) is 0 Å². The van der Waals surface area contributed by atoms with Gasteiger partial charge in [-0.1, -0.05) is 17.2 Å². The van der Waals surface area contributed by atoms with Gasteiger partial charge in [-0.05, 0) is 115 Å². The number of carbonyl (C=O) groups excluding carboxylic acids is 2. The topological polar surface area (TPSA) is 78.1 Å². The van der Waals surface area contributed by atoms with E-state index in [9.17, 15) is 9.59 Å². The van der Waals surface area contributed by atoms with Crippen LogP contribution in [-0.2, 0) is 30.9 Å². The molecular weight excluding hydrogens is 596 g/mol. The van der Waals surface area contributed by atoms with Crippen molar-refractivity contribution in [2.45, 2.75) is 102 Å². The lowest BCUT2D eigenvalue weighted by Crippen LogP contribution is -2.45. The van der Waals surface area contributed by atoms with Gasteiger partial charge in [-0.3, -0.25) is 9.59 Å². The third-order valence-electron chi connectivity index (χ3n) is 11.7. The normalized spacial score (nSPS) is 27.0. The molecule has 5 fully saturated rings. The van der Waals surface area contributed by atoms with Crippen LogP contribution in [0.1, 0.15) is 73.9 Å². The van der Waals surface area contributed by atoms with E-state index < -0.39 is 5.41 Å². The molecule has 0 saturated carbocycles. The molecular formula is C37H48N4O4S. The van der Waals surface area contributed by atoms with E-state index in [2.05, 4.69) is 66.7 Å². The molecule has 246 valence electrons. The van der Waals surface area contributed by atoms with Gasteiger partial charge in [0.25, 0.3) is 0 Å². The number of benzene rings is 1. The van der Waals surface area contributed by atoms with Crippen molar-refractivity contribution in [1.82, 2.24) is 19.7 Å². The largest absolute Gasteiger partial charge is 0.348 e. The number of nitrogens with one attached hydrogen (secondary N) is 1. The molecule has 9 heteroatoms. The Labute approximate surface area is 276 Å². The average Bonchev–Trinajstić information content (AvgIpc) is 3.88. The minimum absolute atomic E-state index is 0.0465. The molecule has 1 aromatic carbocycles. The SMILES string of the molecule is Cc1cc(C)cc(-c2[nH]c3sc(C(C)(C)C(=O)N4C5CCC4CC5)cc3c2CCN2CCC(C(=O)N3C[C@@H]4OCO[C@@H]4C3)CC2)c1. The molecule has 46 heavy (non-hydrogen) atoms. The molecule has 0 radical (unpaired) electrons. The lowest BCUT2D eigenvalue weighted by Gasteiger charge is -2.33. The van der Waals surface area contributed by atoms with Crippen LogP contribution in [0.2, 0.25) is 0 Å². The van der Waals surface area contributed by atoms with E-state index in [4.69, 9.17) is 9.47 Å². The zero-order valence-electron chi connectivity index (χ0n) is 27.8. The lowest BCUT2D eigenvalue weighted by molar-refractivity contribution is -0.138. The smallest absolute Gasteiger partial charge is 0.233 e. The summed E-state index contributed by atoms with van der Waals surface area (Å²) in [6, 6.07) is 9.98. The molecule has 5 saturated heterocycles. The molecule has 2 amide bonds. The van der Waals surface area contributed by atoms with Gasteiger partial charge in [-0.2, -0.15) is 0 Å². The molecule has 2 aromatic heterocycles. The van der Waals surface area contributed by atoms with Crippen molar-refractivity contribution in [2.24, 2.45) is 5.92 Å². The highest BCUT2D eigenvalue weighted by atomic mass is 32.1. The predicted molar refractivity (Wildman–Crippen MR) is 181 cm³/mol. The van der Waals surface area contributed by atoms with E-state index in [1.165, 1.54) is 33.3 Å². The molecule has 2 atom stereocenters. The van der Waals surface area contributed by atoms with Crippen LogP contribution in [0.4, 0.5) is 0 Å². The third-order valence-corrected chi connectivity index (χ3v) is 13.0. The fraction of sp³-hybridized carbons (Fsp3) is 0.622. The zero-order chi connectivity index (χ0) is 31.7. The summed E-state index contributed by atoms with van der Waals surface area (Å²) in [6.07, 6.45) is 7.46. The molecule has 3 aromatic rings. The van der Waals surface area contributed by atoms with Crippen LogP contribution in [-0.4, -0.2) is 95.3 Å². The summed E-state index contributed by atoms with van der Waals surface area (Å²) in [4.78, 5) is 40.2. The van der Waals surface area contributed by atoms with Gasteiger partial charge in [0.15, 0.2) is 0 Å². The number of carbonyl (C=O) groups is 2. The number of H-pyrrole nitrogens is 1. The van der Waals surface area contributed by atoms with E-state index >= 15 is 0 Å². The van der Waals surface area contributed by atoms with Crippen molar-refractivity contribution < 1.29 is 19.1 Å². The highest BCUT2D eigenvalue weighted by Gasteiger charge is 2.47. The monoisotopic (exact) mass is 644 g/mol. The second-order valence-electron chi connectivity index (χ2n) is 15.1. The maximum absolute atomic E-state index is 14.0. The molecule has 7 heterocycles. The predicted octanol–water partition coefficient (Wildman–Crippen LogP) is 5.78. The van der Waals surface area contributed by atoms with Crippen molar-refractivity contribution in [3.63, 3.8) is 0 Å². The molecule has 8 rings (SSSR count). The van der Waals surface area contributed by atoms with Crippen molar-refractivity contribution in [3.05, 3.63) is 45.8 Å². The molecule has 5 aliphatic rings. The van der Waals surface area contributed by atoms with E-state index in [0.29, 0.717) is 37.9 Å². The number of aromatic amines is 1. The Morgan fingerprint density at radius 1 is 0.913 bits per heavy atom. The zero-order valence-corrected chi connectivity index (χ0v) is 28.6. The van der Waals surface area contributed by atoms with E-state index in [0.717, 1.165) is 74.3 Å². The Kier molecular flexibility index (Phi) is 7.82. The maximum Gasteiger partial charge on any atom is 0.233 e. The van der Waals surface area contributed by atoms with Gasteiger partial charge in [-0.25, -0.2) is 0 Å². The minimum Gasteiger partial charge on any atom is -0.348 e. The minimum atomic E-state index is -0.548. The standard InChI is InChI=1S/C37H48N4O4S/c1-22-15-23(2)17-25(16-22)33-28(11-14-39-12-9-24(10-13-39)35(42)40-19-30-31(20-40)45-21-44-30)29-18-32(46-34(29)38-33)37(3,4)36(43)41-26-5-6-27(41)8-7-26/h15-18,24,26-27,30-31,38H,5-14,19-21H2,1-4H3/t26?,27?,30-,31+. The summed E-state index contributed by atoms with van der Waals surface area (Å²) in [5.41, 5.74) is 5.75. The van der Waals surface area contributed by atoms with Crippen LogP contribution in [0.15, 0.2) is 24.3 Å². The summed E-state index contributed by atoms with van der Waals surface area (Å²) in [6.45, 7) is 13.1.